The molecule has 0 saturated carbocycles. The van der Waals surface area contributed by atoms with Crippen LogP contribution in [0.15, 0.2) is 23.3 Å². The van der Waals surface area contributed by atoms with Gasteiger partial charge < -0.3 is 20.3 Å². The number of aliphatic imine (C=N–C) groups is 1. The van der Waals surface area contributed by atoms with Crippen molar-refractivity contribution in [1.29, 1.82) is 0 Å². The second-order valence-corrected chi connectivity index (χ2v) is 8.06. The smallest absolute Gasteiger partial charge is 0.191 e. The van der Waals surface area contributed by atoms with Gasteiger partial charge in [-0.25, -0.2) is 4.98 Å². The molecule has 0 radical (unpaired) electrons. The van der Waals surface area contributed by atoms with Gasteiger partial charge in [0.2, 0.25) is 0 Å². The van der Waals surface area contributed by atoms with Gasteiger partial charge in [0, 0.05) is 57.5 Å². The number of pyridine rings is 1. The van der Waals surface area contributed by atoms with Crippen LogP contribution in [0.3, 0.4) is 0 Å². The summed E-state index contributed by atoms with van der Waals surface area (Å²) in [6, 6.07) is 5.63. The van der Waals surface area contributed by atoms with Crippen LogP contribution in [-0.2, 0) is 4.74 Å². The Labute approximate surface area is 169 Å². The van der Waals surface area contributed by atoms with Crippen LogP contribution in [-0.4, -0.2) is 80.4 Å². The molecule has 0 aliphatic carbocycles. The van der Waals surface area contributed by atoms with E-state index < -0.39 is 0 Å². The summed E-state index contributed by atoms with van der Waals surface area (Å²) < 4.78 is 5.55. The standard InChI is InChI=1S/C21H36N6O/c1-16-5-6-20(23-13-16)26-9-7-19(8-10-26)25-21(22-4)24-14-17(2)27-11-12-28-15-18(27)3/h5-6,13,17-19H,7-12,14-15H2,1-4H3,(H2,22,24,25). The number of aryl methyl sites for hydroxylation is 1. The van der Waals surface area contributed by atoms with Crippen molar-refractivity contribution in [2.24, 2.45) is 4.99 Å². The molecule has 7 nitrogen and oxygen atoms in total. The first kappa shape index (κ1) is 20.9. The largest absolute Gasteiger partial charge is 0.379 e. The number of anilines is 1. The Morgan fingerprint density at radius 2 is 2.11 bits per heavy atom. The van der Waals surface area contributed by atoms with Gasteiger partial charge in [0.15, 0.2) is 5.96 Å². The molecule has 28 heavy (non-hydrogen) atoms. The molecule has 2 unspecified atom stereocenters. The van der Waals surface area contributed by atoms with E-state index in [1.807, 2.05) is 13.2 Å². The first-order chi connectivity index (χ1) is 13.6. The number of piperidine rings is 1. The number of morpholine rings is 1. The molecule has 0 amide bonds. The number of nitrogens with zero attached hydrogens (tertiary/aromatic N) is 4. The molecule has 2 N–H and O–H groups in total. The minimum absolute atomic E-state index is 0.450. The van der Waals surface area contributed by atoms with E-state index in [1.54, 1.807) is 0 Å². The molecule has 0 aromatic carbocycles. The molecule has 3 rings (SSSR count). The summed E-state index contributed by atoms with van der Waals surface area (Å²) in [5.41, 5.74) is 1.20. The van der Waals surface area contributed by atoms with Crippen molar-refractivity contribution in [3.05, 3.63) is 23.9 Å². The maximum Gasteiger partial charge on any atom is 0.191 e. The Hall–Kier alpha value is -1.86. The summed E-state index contributed by atoms with van der Waals surface area (Å²) in [6.07, 6.45) is 4.13. The van der Waals surface area contributed by atoms with Gasteiger partial charge in [0.1, 0.15) is 5.82 Å². The average molecular weight is 389 g/mol. The number of hydrogen-bond acceptors (Lipinski definition) is 5. The second-order valence-electron chi connectivity index (χ2n) is 8.06. The molecule has 2 saturated heterocycles. The molecule has 2 fully saturated rings. The molecular weight excluding hydrogens is 352 g/mol. The summed E-state index contributed by atoms with van der Waals surface area (Å²) in [5, 5.41) is 7.12. The molecule has 2 aliphatic heterocycles. The molecular formula is C21H36N6O. The third kappa shape index (κ3) is 5.58. The fraction of sp³-hybridized carbons (Fsp3) is 0.714. The van der Waals surface area contributed by atoms with E-state index in [0.717, 1.165) is 64.0 Å². The summed E-state index contributed by atoms with van der Waals surface area (Å²) >= 11 is 0. The Bertz CT molecular complexity index is 626. The molecule has 1 aromatic rings. The zero-order valence-electron chi connectivity index (χ0n) is 17.8. The number of guanidine groups is 1. The normalized spacial score (nSPS) is 23.5. The monoisotopic (exact) mass is 388 g/mol. The third-order valence-electron chi connectivity index (χ3n) is 5.83. The lowest BCUT2D eigenvalue weighted by Crippen LogP contribution is -2.54. The van der Waals surface area contributed by atoms with Crippen molar-refractivity contribution >= 4 is 11.8 Å². The fourth-order valence-corrected chi connectivity index (χ4v) is 4.04. The van der Waals surface area contributed by atoms with E-state index in [2.05, 4.69) is 63.3 Å². The van der Waals surface area contributed by atoms with Gasteiger partial charge in [-0.1, -0.05) is 6.07 Å². The highest BCUT2D eigenvalue weighted by Crippen LogP contribution is 2.18. The third-order valence-corrected chi connectivity index (χ3v) is 5.83. The first-order valence-electron chi connectivity index (χ1n) is 10.5. The topological polar surface area (TPSA) is 65.0 Å². The van der Waals surface area contributed by atoms with Crippen molar-refractivity contribution < 1.29 is 4.74 Å². The van der Waals surface area contributed by atoms with Crippen LogP contribution in [0.25, 0.3) is 0 Å². The van der Waals surface area contributed by atoms with Crippen LogP contribution in [0.4, 0.5) is 5.82 Å². The molecule has 0 bridgehead atoms. The molecule has 2 atom stereocenters. The van der Waals surface area contributed by atoms with Gasteiger partial charge in [0.05, 0.1) is 13.2 Å². The highest BCUT2D eigenvalue weighted by Gasteiger charge is 2.24. The molecule has 1 aromatic heterocycles. The predicted octanol–water partition coefficient (Wildman–Crippen LogP) is 1.63. The van der Waals surface area contributed by atoms with E-state index in [0.29, 0.717) is 18.1 Å². The first-order valence-corrected chi connectivity index (χ1v) is 10.5. The van der Waals surface area contributed by atoms with Gasteiger partial charge >= 0.3 is 0 Å². The second kappa shape index (κ2) is 10.1. The highest BCUT2D eigenvalue weighted by molar-refractivity contribution is 5.80. The van der Waals surface area contributed by atoms with Crippen molar-refractivity contribution in [3.63, 3.8) is 0 Å². The van der Waals surface area contributed by atoms with Crippen molar-refractivity contribution in [2.45, 2.75) is 51.7 Å². The van der Waals surface area contributed by atoms with Crippen LogP contribution in [0, 0.1) is 6.92 Å². The van der Waals surface area contributed by atoms with Crippen LogP contribution in [0.5, 0.6) is 0 Å². The van der Waals surface area contributed by atoms with E-state index in [1.165, 1.54) is 5.56 Å². The Kier molecular flexibility index (Phi) is 7.50. The van der Waals surface area contributed by atoms with E-state index in [4.69, 9.17) is 4.74 Å². The van der Waals surface area contributed by atoms with Gasteiger partial charge in [-0.3, -0.25) is 9.89 Å². The van der Waals surface area contributed by atoms with Gasteiger partial charge in [-0.15, -0.1) is 0 Å². The fourth-order valence-electron chi connectivity index (χ4n) is 4.04. The average Bonchev–Trinajstić information content (AvgIpc) is 2.72. The minimum atomic E-state index is 0.450. The molecule has 7 heteroatoms. The molecule has 3 heterocycles. The van der Waals surface area contributed by atoms with E-state index in [-0.39, 0.29) is 0 Å². The molecule has 156 valence electrons. The quantitative estimate of drug-likeness (QED) is 0.591. The van der Waals surface area contributed by atoms with Gasteiger partial charge in [-0.05, 0) is 45.2 Å². The lowest BCUT2D eigenvalue weighted by molar-refractivity contribution is -0.0174. The number of rotatable bonds is 5. The Balaban J connectivity index is 1.42. The maximum atomic E-state index is 5.55. The highest BCUT2D eigenvalue weighted by atomic mass is 16.5. The summed E-state index contributed by atoms with van der Waals surface area (Å²) in [5.74, 6) is 1.99. The Morgan fingerprint density at radius 3 is 2.75 bits per heavy atom. The zero-order valence-corrected chi connectivity index (χ0v) is 17.8. The lowest BCUT2D eigenvalue weighted by Gasteiger charge is -2.38. The number of aromatic nitrogens is 1. The van der Waals surface area contributed by atoms with Crippen molar-refractivity contribution in [3.8, 4) is 0 Å². The lowest BCUT2D eigenvalue weighted by atomic mass is 10.1. The van der Waals surface area contributed by atoms with Crippen molar-refractivity contribution in [2.75, 3.05) is 51.3 Å². The Morgan fingerprint density at radius 1 is 1.32 bits per heavy atom. The van der Waals surface area contributed by atoms with Crippen LogP contribution in [0.2, 0.25) is 0 Å². The van der Waals surface area contributed by atoms with Gasteiger partial charge in [0.25, 0.3) is 0 Å². The minimum Gasteiger partial charge on any atom is -0.379 e. The number of nitrogens with one attached hydrogen (secondary N) is 2. The SMILES string of the molecule is CN=C(NCC(C)N1CCOCC1C)NC1CCN(c2ccc(C)cn2)CC1. The van der Waals surface area contributed by atoms with Crippen LogP contribution < -0.4 is 15.5 Å². The number of hydrogen-bond donors (Lipinski definition) is 2. The van der Waals surface area contributed by atoms with Crippen LogP contribution >= 0.6 is 0 Å². The number of ether oxygens (including phenoxy) is 1. The summed E-state index contributed by atoms with van der Waals surface area (Å²) in [4.78, 5) is 13.9. The zero-order chi connectivity index (χ0) is 19.9. The van der Waals surface area contributed by atoms with E-state index in [9.17, 15) is 0 Å². The van der Waals surface area contributed by atoms with E-state index >= 15 is 0 Å². The van der Waals surface area contributed by atoms with Crippen LogP contribution in [0.1, 0.15) is 32.3 Å². The summed E-state index contributed by atoms with van der Waals surface area (Å²) in [7, 11) is 1.85. The maximum absolute atomic E-state index is 5.55. The molecule has 2 aliphatic rings. The van der Waals surface area contributed by atoms with Crippen molar-refractivity contribution in [1.82, 2.24) is 20.5 Å². The van der Waals surface area contributed by atoms with Gasteiger partial charge in [-0.2, -0.15) is 0 Å². The summed E-state index contributed by atoms with van der Waals surface area (Å²) in [6.45, 7) is 12.2. The molecule has 0 spiro atoms. The predicted molar refractivity (Wildman–Crippen MR) is 115 cm³/mol.